The molecule has 0 radical (unpaired) electrons. The predicted octanol–water partition coefficient (Wildman–Crippen LogP) is 3.39. The number of hydrogen-bond donors (Lipinski definition) is 1. The Bertz CT molecular complexity index is 1110. The number of rotatable bonds is 9. The fourth-order valence-electron chi connectivity index (χ4n) is 4.63. The van der Waals surface area contributed by atoms with E-state index in [4.69, 9.17) is 0 Å². The molecular weight excluding hydrogens is 416 g/mol. The van der Waals surface area contributed by atoms with Crippen LogP contribution in [0.25, 0.3) is 10.9 Å². The van der Waals surface area contributed by atoms with Crippen molar-refractivity contribution in [3.05, 3.63) is 65.9 Å². The van der Waals surface area contributed by atoms with E-state index in [0.29, 0.717) is 18.2 Å². The summed E-state index contributed by atoms with van der Waals surface area (Å²) in [6.45, 7) is 3.25. The lowest BCUT2D eigenvalue weighted by Gasteiger charge is -2.33. The summed E-state index contributed by atoms with van der Waals surface area (Å²) in [5.41, 5.74) is 3.88. The molecule has 1 aliphatic heterocycles. The monoisotopic (exact) mass is 446 g/mol. The standard InChI is InChI=1S/C26H30N4O3/c1-27-26(33)12-15-29(19-32)24-3-2-4-25-23(24)11-16-30(25)22-9-13-28(14-10-22)17-20-5-7-21(18-31)8-6-20/h2-8,11,16,18-19,22H,9-10,12-15,17H2,1H3,(H,27,33). The van der Waals surface area contributed by atoms with Crippen molar-refractivity contribution >= 4 is 35.2 Å². The van der Waals surface area contributed by atoms with E-state index < -0.39 is 0 Å². The number of aromatic nitrogens is 1. The Hall–Kier alpha value is -3.45. The van der Waals surface area contributed by atoms with Gasteiger partial charge in [-0.15, -0.1) is 0 Å². The van der Waals surface area contributed by atoms with Gasteiger partial charge in [-0.25, -0.2) is 0 Å². The van der Waals surface area contributed by atoms with E-state index >= 15 is 0 Å². The molecule has 0 unspecified atom stereocenters. The minimum absolute atomic E-state index is 0.0852. The van der Waals surface area contributed by atoms with E-state index in [-0.39, 0.29) is 12.3 Å². The summed E-state index contributed by atoms with van der Waals surface area (Å²) in [7, 11) is 1.60. The van der Waals surface area contributed by atoms with E-state index in [0.717, 1.165) is 61.8 Å². The lowest BCUT2D eigenvalue weighted by atomic mass is 10.0. The number of hydrogen-bond acceptors (Lipinski definition) is 4. The molecule has 0 aliphatic carbocycles. The van der Waals surface area contributed by atoms with E-state index in [1.165, 1.54) is 5.56 Å². The molecule has 2 aromatic carbocycles. The number of amides is 2. The summed E-state index contributed by atoms with van der Waals surface area (Å²) in [6.07, 6.45) is 6.16. The first-order valence-corrected chi connectivity index (χ1v) is 11.4. The molecule has 7 nitrogen and oxygen atoms in total. The van der Waals surface area contributed by atoms with Gasteiger partial charge in [-0.2, -0.15) is 0 Å². The number of anilines is 1. The summed E-state index contributed by atoms with van der Waals surface area (Å²) in [4.78, 5) is 38.3. The van der Waals surface area contributed by atoms with Gasteiger partial charge >= 0.3 is 0 Å². The average molecular weight is 447 g/mol. The van der Waals surface area contributed by atoms with Crippen LogP contribution >= 0.6 is 0 Å². The minimum Gasteiger partial charge on any atom is -0.359 e. The van der Waals surface area contributed by atoms with Crippen LogP contribution in [0.4, 0.5) is 5.69 Å². The fraction of sp³-hybridized carbons (Fsp3) is 0.346. The molecule has 33 heavy (non-hydrogen) atoms. The van der Waals surface area contributed by atoms with Gasteiger partial charge in [0.25, 0.3) is 0 Å². The topological polar surface area (TPSA) is 74.7 Å². The molecule has 1 saturated heterocycles. The molecule has 2 amide bonds. The molecule has 1 aliphatic rings. The van der Waals surface area contributed by atoms with Crippen molar-refractivity contribution in [2.45, 2.75) is 31.8 Å². The van der Waals surface area contributed by atoms with Gasteiger partial charge in [-0.1, -0.05) is 30.3 Å². The highest BCUT2D eigenvalue weighted by Gasteiger charge is 2.22. The molecule has 1 N–H and O–H groups in total. The van der Waals surface area contributed by atoms with Gasteiger partial charge in [-0.3, -0.25) is 19.3 Å². The quantitative estimate of drug-likeness (QED) is 0.512. The van der Waals surface area contributed by atoms with Crippen LogP contribution in [0.2, 0.25) is 0 Å². The van der Waals surface area contributed by atoms with Crippen LogP contribution in [-0.2, 0) is 16.1 Å². The molecule has 0 spiro atoms. The lowest BCUT2D eigenvalue weighted by molar-refractivity contribution is -0.120. The smallest absolute Gasteiger partial charge is 0.221 e. The highest BCUT2D eigenvalue weighted by atomic mass is 16.2. The SMILES string of the molecule is CNC(=O)CCN(C=O)c1cccc2c1ccn2C1CCN(Cc2ccc(C=O)cc2)CC1. The number of nitrogens with zero attached hydrogens (tertiary/aromatic N) is 3. The Morgan fingerprint density at radius 2 is 1.85 bits per heavy atom. The van der Waals surface area contributed by atoms with Crippen LogP contribution in [-0.4, -0.2) is 54.8 Å². The van der Waals surface area contributed by atoms with Crippen molar-refractivity contribution < 1.29 is 14.4 Å². The number of aldehydes is 1. The van der Waals surface area contributed by atoms with E-state index in [1.54, 1.807) is 11.9 Å². The summed E-state index contributed by atoms with van der Waals surface area (Å²) in [6, 6.07) is 16.3. The summed E-state index contributed by atoms with van der Waals surface area (Å²) < 4.78 is 2.33. The number of nitrogens with one attached hydrogen (secondary N) is 1. The van der Waals surface area contributed by atoms with Gasteiger partial charge in [0.15, 0.2) is 0 Å². The van der Waals surface area contributed by atoms with Crippen LogP contribution < -0.4 is 10.2 Å². The maximum absolute atomic E-state index is 11.7. The van der Waals surface area contributed by atoms with E-state index in [9.17, 15) is 14.4 Å². The zero-order valence-corrected chi connectivity index (χ0v) is 18.9. The fourth-order valence-corrected chi connectivity index (χ4v) is 4.63. The molecular formula is C26H30N4O3. The van der Waals surface area contributed by atoms with Crippen molar-refractivity contribution in [3.63, 3.8) is 0 Å². The third-order valence-electron chi connectivity index (χ3n) is 6.51. The third kappa shape index (κ3) is 5.14. The Morgan fingerprint density at radius 1 is 1.09 bits per heavy atom. The second-order valence-electron chi connectivity index (χ2n) is 8.52. The molecule has 172 valence electrons. The Morgan fingerprint density at radius 3 is 2.52 bits per heavy atom. The van der Waals surface area contributed by atoms with Gasteiger partial charge < -0.3 is 14.8 Å². The second-order valence-corrected chi connectivity index (χ2v) is 8.52. The van der Waals surface area contributed by atoms with E-state index in [1.807, 2.05) is 36.4 Å². The van der Waals surface area contributed by atoms with Crippen molar-refractivity contribution in [1.82, 2.24) is 14.8 Å². The number of carbonyl (C=O) groups excluding carboxylic acids is 3. The van der Waals surface area contributed by atoms with Gasteiger partial charge in [0.1, 0.15) is 6.29 Å². The van der Waals surface area contributed by atoms with Crippen LogP contribution in [0.5, 0.6) is 0 Å². The van der Waals surface area contributed by atoms with Gasteiger partial charge in [0, 0.05) is 62.8 Å². The zero-order valence-electron chi connectivity index (χ0n) is 18.9. The van der Waals surface area contributed by atoms with Gasteiger partial charge in [0.05, 0.1) is 11.2 Å². The molecule has 0 saturated carbocycles. The van der Waals surface area contributed by atoms with Crippen LogP contribution in [0.3, 0.4) is 0 Å². The normalized spacial score (nSPS) is 14.8. The highest BCUT2D eigenvalue weighted by Crippen LogP contribution is 2.33. The van der Waals surface area contributed by atoms with Crippen LogP contribution in [0.1, 0.15) is 41.2 Å². The predicted molar refractivity (Wildman–Crippen MR) is 129 cm³/mol. The Balaban J connectivity index is 1.44. The molecule has 2 heterocycles. The maximum atomic E-state index is 11.7. The number of fused-ring (bicyclic) bond motifs is 1. The Labute approximate surface area is 194 Å². The molecule has 7 heteroatoms. The van der Waals surface area contributed by atoms with Crippen molar-refractivity contribution in [2.75, 3.05) is 31.6 Å². The zero-order chi connectivity index (χ0) is 23.2. The van der Waals surface area contributed by atoms with Crippen molar-refractivity contribution in [2.24, 2.45) is 0 Å². The molecule has 4 rings (SSSR count). The molecule has 1 fully saturated rings. The molecule has 3 aromatic rings. The summed E-state index contributed by atoms with van der Waals surface area (Å²) >= 11 is 0. The van der Waals surface area contributed by atoms with E-state index in [2.05, 4.69) is 33.1 Å². The summed E-state index contributed by atoms with van der Waals surface area (Å²) in [5.74, 6) is -0.0852. The van der Waals surface area contributed by atoms with Crippen LogP contribution in [0, 0.1) is 0 Å². The van der Waals surface area contributed by atoms with Crippen molar-refractivity contribution in [3.8, 4) is 0 Å². The lowest BCUT2D eigenvalue weighted by Crippen LogP contribution is -2.34. The molecule has 0 bridgehead atoms. The first kappa shape index (κ1) is 22.7. The number of benzene rings is 2. The number of likely N-dealkylation sites (tertiary alicyclic amines) is 1. The second kappa shape index (κ2) is 10.4. The largest absolute Gasteiger partial charge is 0.359 e. The number of piperidine rings is 1. The van der Waals surface area contributed by atoms with Crippen LogP contribution in [0.15, 0.2) is 54.7 Å². The third-order valence-corrected chi connectivity index (χ3v) is 6.51. The summed E-state index contributed by atoms with van der Waals surface area (Å²) in [5, 5.41) is 3.63. The first-order valence-electron chi connectivity index (χ1n) is 11.4. The average Bonchev–Trinajstić information content (AvgIpc) is 3.30. The van der Waals surface area contributed by atoms with Gasteiger partial charge in [0.2, 0.25) is 12.3 Å². The minimum atomic E-state index is -0.0852. The maximum Gasteiger partial charge on any atom is 0.221 e. The Kier molecular flexibility index (Phi) is 7.19. The molecule has 0 atom stereocenters. The van der Waals surface area contributed by atoms with Crippen molar-refractivity contribution in [1.29, 1.82) is 0 Å². The molecule has 1 aromatic heterocycles. The highest BCUT2D eigenvalue weighted by molar-refractivity contribution is 5.97. The van der Waals surface area contributed by atoms with Gasteiger partial charge in [-0.05, 0) is 36.6 Å². The first-order chi connectivity index (χ1) is 16.1. The number of carbonyl (C=O) groups is 3.